The third-order valence-electron chi connectivity index (χ3n) is 3.41. The van der Waals surface area contributed by atoms with Crippen molar-refractivity contribution in [3.8, 4) is 0 Å². The summed E-state index contributed by atoms with van der Waals surface area (Å²) in [6.45, 7) is 1.47. The van der Waals surface area contributed by atoms with Gasteiger partial charge in [0.05, 0.1) is 12.6 Å². The monoisotopic (exact) mass is 341 g/mol. The second kappa shape index (κ2) is 7.58. The van der Waals surface area contributed by atoms with Gasteiger partial charge < -0.3 is 5.32 Å². The summed E-state index contributed by atoms with van der Waals surface area (Å²) in [5.74, 6) is 0.263. The molecule has 6 nitrogen and oxygen atoms in total. The molecule has 1 aliphatic heterocycles. The summed E-state index contributed by atoms with van der Waals surface area (Å²) in [4.78, 5) is 16.0. The maximum atomic E-state index is 11.9. The molecular weight excluding hydrogens is 325 g/mol. The molecule has 2 aromatic rings. The summed E-state index contributed by atoms with van der Waals surface area (Å²) in [5.41, 5.74) is 1.07. The maximum absolute atomic E-state index is 11.9. The third-order valence-corrected chi connectivity index (χ3v) is 3.66. The normalized spacial score (nSPS) is 17.0. The molecule has 1 atom stereocenters. The van der Waals surface area contributed by atoms with Crippen molar-refractivity contribution in [3.63, 3.8) is 0 Å². The largest absolute Gasteiger partial charge is 0.306 e. The van der Waals surface area contributed by atoms with Crippen LogP contribution in [0, 0.1) is 0 Å². The Morgan fingerprint density at radius 1 is 1.41 bits per heavy atom. The van der Waals surface area contributed by atoms with Crippen molar-refractivity contribution in [2.75, 3.05) is 11.9 Å². The highest BCUT2D eigenvalue weighted by Crippen LogP contribution is 2.11. The summed E-state index contributed by atoms with van der Waals surface area (Å²) in [5, 5.41) is 10.8. The van der Waals surface area contributed by atoms with E-state index in [-0.39, 0.29) is 24.4 Å². The summed E-state index contributed by atoms with van der Waals surface area (Å²) >= 11 is 5.85. The van der Waals surface area contributed by atoms with Gasteiger partial charge in [-0.1, -0.05) is 23.7 Å². The SMILES string of the molecule is Cl.O=C(Nc1ncn(Cc2ccc(Cl)cc2)n1)C1CCCN1. The maximum Gasteiger partial charge on any atom is 0.248 e. The van der Waals surface area contributed by atoms with Gasteiger partial charge in [0.15, 0.2) is 0 Å². The Morgan fingerprint density at radius 2 is 2.18 bits per heavy atom. The fourth-order valence-electron chi connectivity index (χ4n) is 2.31. The molecule has 0 radical (unpaired) electrons. The first-order chi connectivity index (χ1) is 10.2. The minimum atomic E-state index is -0.131. The van der Waals surface area contributed by atoms with E-state index in [1.165, 1.54) is 0 Å². The molecule has 0 bridgehead atoms. The molecule has 118 valence electrons. The van der Waals surface area contributed by atoms with Gasteiger partial charge in [-0.05, 0) is 37.1 Å². The minimum Gasteiger partial charge on any atom is -0.306 e. The van der Waals surface area contributed by atoms with Gasteiger partial charge in [-0.3, -0.25) is 10.1 Å². The first-order valence-electron chi connectivity index (χ1n) is 6.89. The first-order valence-corrected chi connectivity index (χ1v) is 7.26. The van der Waals surface area contributed by atoms with E-state index in [0.29, 0.717) is 17.5 Å². The van der Waals surface area contributed by atoms with E-state index in [2.05, 4.69) is 20.7 Å². The highest BCUT2D eigenvalue weighted by molar-refractivity contribution is 6.30. The van der Waals surface area contributed by atoms with E-state index in [1.54, 1.807) is 11.0 Å². The van der Waals surface area contributed by atoms with Crippen LogP contribution < -0.4 is 10.6 Å². The highest BCUT2D eigenvalue weighted by atomic mass is 35.5. The van der Waals surface area contributed by atoms with Crippen LogP contribution in [0.3, 0.4) is 0 Å². The summed E-state index contributed by atoms with van der Waals surface area (Å²) in [6, 6.07) is 7.41. The highest BCUT2D eigenvalue weighted by Gasteiger charge is 2.22. The van der Waals surface area contributed by atoms with E-state index in [0.717, 1.165) is 24.9 Å². The zero-order valence-electron chi connectivity index (χ0n) is 11.8. The molecule has 1 aliphatic rings. The number of benzene rings is 1. The van der Waals surface area contributed by atoms with E-state index in [1.807, 2.05) is 24.3 Å². The molecule has 0 saturated carbocycles. The van der Waals surface area contributed by atoms with Crippen molar-refractivity contribution in [2.24, 2.45) is 0 Å². The van der Waals surface area contributed by atoms with Crippen molar-refractivity contribution in [1.82, 2.24) is 20.1 Å². The van der Waals surface area contributed by atoms with Gasteiger partial charge in [-0.15, -0.1) is 17.5 Å². The molecular formula is C14H17Cl2N5O. The standard InChI is InChI=1S/C14H16ClN5O.ClH/c15-11-5-3-10(4-6-11)8-20-9-17-14(19-20)18-13(21)12-2-1-7-16-12;/h3-6,9,12,16H,1-2,7-8H2,(H,18,19,21);1H. The smallest absolute Gasteiger partial charge is 0.248 e. The summed E-state index contributed by atoms with van der Waals surface area (Å²) in [7, 11) is 0. The summed E-state index contributed by atoms with van der Waals surface area (Å²) < 4.78 is 1.68. The van der Waals surface area contributed by atoms with Gasteiger partial charge in [0.2, 0.25) is 11.9 Å². The van der Waals surface area contributed by atoms with Crippen molar-refractivity contribution in [2.45, 2.75) is 25.4 Å². The lowest BCUT2D eigenvalue weighted by Gasteiger charge is -2.08. The number of nitrogens with one attached hydrogen (secondary N) is 2. The average Bonchev–Trinajstić information content (AvgIpc) is 3.13. The Morgan fingerprint density at radius 3 is 2.86 bits per heavy atom. The number of anilines is 1. The predicted molar refractivity (Wildman–Crippen MR) is 87.5 cm³/mol. The first kappa shape index (κ1) is 16.7. The molecule has 3 rings (SSSR count). The van der Waals surface area contributed by atoms with Crippen LogP contribution in [0.4, 0.5) is 5.95 Å². The Kier molecular flexibility index (Phi) is 5.76. The fraction of sp³-hybridized carbons (Fsp3) is 0.357. The molecule has 0 aliphatic carbocycles. The second-order valence-electron chi connectivity index (χ2n) is 5.03. The Hall–Kier alpha value is -1.63. The number of aromatic nitrogens is 3. The van der Waals surface area contributed by atoms with Crippen LogP contribution in [0.25, 0.3) is 0 Å². The van der Waals surface area contributed by atoms with E-state index in [9.17, 15) is 4.79 Å². The van der Waals surface area contributed by atoms with Gasteiger partial charge in [0.25, 0.3) is 0 Å². The van der Waals surface area contributed by atoms with Crippen molar-refractivity contribution < 1.29 is 4.79 Å². The molecule has 1 fully saturated rings. The Balaban J connectivity index is 0.00000176. The van der Waals surface area contributed by atoms with Crippen LogP contribution in [0.5, 0.6) is 0 Å². The predicted octanol–water partition coefficient (Wildman–Crippen LogP) is 2.09. The van der Waals surface area contributed by atoms with Crippen molar-refractivity contribution in [1.29, 1.82) is 0 Å². The molecule has 1 aromatic carbocycles. The molecule has 1 unspecified atom stereocenters. The van der Waals surface area contributed by atoms with Crippen LogP contribution >= 0.6 is 24.0 Å². The van der Waals surface area contributed by atoms with Crippen LogP contribution in [0.2, 0.25) is 5.02 Å². The Bertz CT molecular complexity index is 622. The van der Waals surface area contributed by atoms with Crippen molar-refractivity contribution in [3.05, 3.63) is 41.2 Å². The van der Waals surface area contributed by atoms with Crippen LogP contribution in [-0.4, -0.2) is 33.3 Å². The lowest BCUT2D eigenvalue weighted by Crippen LogP contribution is -2.35. The van der Waals surface area contributed by atoms with E-state index < -0.39 is 0 Å². The molecule has 0 spiro atoms. The quantitative estimate of drug-likeness (QED) is 0.893. The minimum absolute atomic E-state index is 0. The molecule has 1 amide bonds. The van der Waals surface area contributed by atoms with E-state index >= 15 is 0 Å². The van der Waals surface area contributed by atoms with Gasteiger partial charge in [0.1, 0.15) is 6.33 Å². The topological polar surface area (TPSA) is 71.8 Å². The number of halogens is 2. The van der Waals surface area contributed by atoms with Gasteiger partial charge in [-0.2, -0.15) is 0 Å². The average molecular weight is 342 g/mol. The van der Waals surface area contributed by atoms with Crippen LogP contribution in [-0.2, 0) is 11.3 Å². The lowest BCUT2D eigenvalue weighted by atomic mass is 10.2. The van der Waals surface area contributed by atoms with Crippen molar-refractivity contribution >= 4 is 35.9 Å². The Labute approximate surface area is 139 Å². The fourth-order valence-corrected chi connectivity index (χ4v) is 2.44. The number of rotatable bonds is 4. The van der Waals surface area contributed by atoms with Gasteiger partial charge >= 0.3 is 0 Å². The number of nitrogens with zero attached hydrogens (tertiary/aromatic N) is 3. The zero-order chi connectivity index (χ0) is 14.7. The summed E-state index contributed by atoms with van der Waals surface area (Å²) in [6.07, 6.45) is 3.49. The number of amides is 1. The van der Waals surface area contributed by atoms with Gasteiger partial charge in [-0.25, -0.2) is 9.67 Å². The van der Waals surface area contributed by atoms with Crippen LogP contribution in [0.15, 0.2) is 30.6 Å². The number of carbonyl (C=O) groups excluding carboxylic acids is 1. The molecule has 1 saturated heterocycles. The molecule has 2 N–H and O–H groups in total. The number of hydrogen-bond acceptors (Lipinski definition) is 4. The lowest BCUT2D eigenvalue weighted by molar-refractivity contribution is -0.117. The molecule has 2 heterocycles. The molecule has 1 aromatic heterocycles. The number of hydrogen-bond donors (Lipinski definition) is 2. The molecule has 22 heavy (non-hydrogen) atoms. The van der Waals surface area contributed by atoms with Crippen LogP contribution in [0.1, 0.15) is 18.4 Å². The second-order valence-corrected chi connectivity index (χ2v) is 5.47. The molecule has 8 heteroatoms. The number of carbonyl (C=O) groups is 1. The third kappa shape index (κ3) is 4.19. The van der Waals surface area contributed by atoms with Gasteiger partial charge in [0, 0.05) is 5.02 Å². The van der Waals surface area contributed by atoms with E-state index in [4.69, 9.17) is 11.6 Å². The zero-order valence-corrected chi connectivity index (χ0v) is 13.4.